The SMILES string of the molecule is Clc1nc(Cl)c(C(Cl)Cl)cc1-c1ccccc1. The van der Waals surface area contributed by atoms with Crippen LogP contribution >= 0.6 is 46.4 Å². The number of aromatic nitrogens is 1. The van der Waals surface area contributed by atoms with E-state index in [1.807, 2.05) is 30.3 Å². The summed E-state index contributed by atoms with van der Waals surface area (Å²) < 4.78 is 0. The molecule has 17 heavy (non-hydrogen) atoms. The summed E-state index contributed by atoms with van der Waals surface area (Å²) in [5, 5.41) is 0.559. The molecule has 1 heterocycles. The van der Waals surface area contributed by atoms with Crippen molar-refractivity contribution >= 4 is 46.4 Å². The van der Waals surface area contributed by atoms with Gasteiger partial charge in [-0.05, 0) is 11.6 Å². The number of rotatable bonds is 2. The average Bonchev–Trinajstić information content (AvgIpc) is 2.29. The van der Waals surface area contributed by atoms with E-state index in [9.17, 15) is 0 Å². The second-order valence-electron chi connectivity index (χ2n) is 3.37. The number of nitrogens with zero attached hydrogens (tertiary/aromatic N) is 1. The number of hydrogen-bond acceptors (Lipinski definition) is 1. The highest BCUT2D eigenvalue weighted by Gasteiger charge is 2.15. The molecule has 0 unspecified atom stereocenters. The van der Waals surface area contributed by atoms with Gasteiger partial charge in [-0.3, -0.25) is 0 Å². The minimum absolute atomic E-state index is 0.227. The number of hydrogen-bond donors (Lipinski definition) is 0. The molecule has 0 spiro atoms. The third-order valence-electron chi connectivity index (χ3n) is 2.28. The molecule has 1 nitrogen and oxygen atoms in total. The Morgan fingerprint density at radius 3 is 2.18 bits per heavy atom. The van der Waals surface area contributed by atoms with E-state index >= 15 is 0 Å². The zero-order chi connectivity index (χ0) is 12.4. The van der Waals surface area contributed by atoms with Crippen LogP contribution in [0, 0.1) is 0 Å². The molecule has 0 aliphatic heterocycles. The second-order valence-corrected chi connectivity index (χ2v) is 5.19. The molecule has 0 saturated carbocycles. The van der Waals surface area contributed by atoms with Crippen LogP contribution in [-0.2, 0) is 0 Å². The van der Waals surface area contributed by atoms with Crippen LogP contribution in [0.4, 0.5) is 0 Å². The van der Waals surface area contributed by atoms with Crippen molar-refractivity contribution in [1.82, 2.24) is 4.98 Å². The summed E-state index contributed by atoms with van der Waals surface area (Å²) in [7, 11) is 0. The lowest BCUT2D eigenvalue weighted by Gasteiger charge is -2.09. The lowest BCUT2D eigenvalue weighted by Crippen LogP contribution is -1.92. The maximum atomic E-state index is 6.06. The Kier molecular flexibility index (Phi) is 4.16. The summed E-state index contributed by atoms with van der Waals surface area (Å²) in [6.07, 6.45) is 0. The fourth-order valence-corrected chi connectivity index (χ4v) is 2.44. The monoisotopic (exact) mass is 305 g/mol. The van der Waals surface area contributed by atoms with Gasteiger partial charge in [0.15, 0.2) is 0 Å². The first-order chi connectivity index (χ1) is 8.09. The van der Waals surface area contributed by atoms with Crippen LogP contribution in [0.5, 0.6) is 0 Å². The average molecular weight is 307 g/mol. The highest BCUT2D eigenvalue weighted by Crippen LogP contribution is 2.36. The van der Waals surface area contributed by atoms with Crippen molar-refractivity contribution in [2.24, 2.45) is 0 Å². The Labute approximate surface area is 119 Å². The van der Waals surface area contributed by atoms with Gasteiger partial charge in [-0.25, -0.2) is 4.98 Å². The van der Waals surface area contributed by atoms with Crippen LogP contribution in [0.15, 0.2) is 36.4 Å². The Morgan fingerprint density at radius 1 is 0.941 bits per heavy atom. The third-order valence-corrected chi connectivity index (χ3v) is 3.34. The molecule has 0 amide bonds. The van der Waals surface area contributed by atoms with Gasteiger partial charge in [-0.1, -0.05) is 76.7 Å². The first-order valence-electron chi connectivity index (χ1n) is 4.79. The molecule has 0 aliphatic rings. The number of benzene rings is 1. The van der Waals surface area contributed by atoms with Crippen molar-refractivity contribution in [3.63, 3.8) is 0 Å². The van der Waals surface area contributed by atoms with E-state index in [1.54, 1.807) is 6.07 Å². The standard InChI is InChI=1S/C12H7Cl4N/c13-10(14)9-6-8(11(15)17-12(9)16)7-4-2-1-3-5-7/h1-6,10H. The van der Waals surface area contributed by atoms with E-state index in [-0.39, 0.29) is 5.15 Å². The lowest BCUT2D eigenvalue weighted by molar-refractivity contribution is 1.23. The lowest BCUT2D eigenvalue weighted by atomic mass is 10.1. The largest absolute Gasteiger partial charge is 0.223 e. The summed E-state index contributed by atoms with van der Waals surface area (Å²) in [5.74, 6) is 0. The van der Waals surface area contributed by atoms with E-state index in [2.05, 4.69) is 4.98 Å². The van der Waals surface area contributed by atoms with Crippen LogP contribution < -0.4 is 0 Å². The van der Waals surface area contributed by atoms with Crippen molar-refractivity contribution in [2.45, 2.75) is 4.84 Å². The molecule has 0 atom stereocenters. The summed E-state index contributed by atoms with van der Waals surface area (Å²) >= 11 is 23.6. The molecular formula is C12H7Cl4N. The molecule has 1 aromatic carbocycles. The molecule has 2 rings (SSSR count). The molecule has 88 valence electrons. The summed E-state index contributed by atoms with van der Waals surface area (Å²) in [4.78, 5) is 3.31. The van der Waals surface area contributed by atoms with Crippen LogP contribution in [0.1, 0.15) is 10.4 Å². The van der Waals surface area contributed by atoms with Gasteiger partial charge in [-0.2, -0.15) is 0 Å². The van der Waals surface area contributed by atoms with E-state index in [4.69, 9.17) is 46.4 Å². The van der Waals surface area contributed by atoms with E-state index in [0.29, 0.717) is 10.7 Å². The maximum Gasteiger partial charge on any atom is 0.138 e. The summed E-state index contributed by atoms with van der Waals surface area (Å²) in [6.45, 7) is 0. The van der Waals surface area contributed by atoms with Gasteiger partial charge >= 0.3 is 0 Å². The molecular weight excluding hydrogens is 300 g/mol. The molecule has 0 bridgehead atoms. The van der Waals surface area contributed by atoms with E-state index < -0.39 is 4.84 Å². The van der Waals surface area contributed by atoms with Gasteiger partial charge in [0.1, 0.15) is 15.1 Å². The molecule has 1 aromatic heterocycles. The van der Waals surface area contributed by atoms with Gasteiger partial charge in [0.25, 0.3) is 0 Å². The normalized spacial score (nSPS) is 10.9. The topological polar surface area (TPSA) is 12.9 Å². The Bertz CT molecular complexity index is 526. The van der Waals surface area contributed by atoms with E-state index in [1.165, 1.54) is 0 Å². The third kappa shape index (κ3) is 2.86. The first kappa shape index (κ1) is 13.0. The summed E-state index contributed by atoms with van der Waals surface area (Å²) in [5.41, 5.74) is 2.26. The van der Waals surface area contributed by atoms with Crippen molar-refractivity contribution in [3.05, 3.63) is 52.3 Å². The van der Waals surface area contributed by atoms with Gasteiger partial charge < -0.3 is 0 Å². The summed E-state index contributed by atoms with van der Waals surface area (Å²) in [6, 6.07) is 11.4. The maximum absolute atomic E-state index is 6.06. The first-order valence-corrected chi connectivity index (χ1v) is 6.42. The zero-order valence-corrected chi connectivity index (χ0v) is 11.5. The smallest absolute Gasteiger partial charge is 0.138 e. The minimum atomic E-state index is -0.727. The van der Waals surface area contributed by atoms with Gasteiger partial charge in [-0.15, -0.1) is 0 Å². The van der Waals surface area contributed by atoms with Crippen LogP contribution in [0.2, 0.25) is 10.3 Å². The zero-order valence-electron chi connectivity index (χ0n) is 8.50. The minimum Gasteiger partial charge on any atom is -0.223 e. The Morgan fingerprint density at radius 2 is 1.59 bits per heavy atom. The number of pyridine rings is 1. The molecule has 0 aliphatic carbocycles. The van der Waals surface area contributed by atoms with Crippen LogP contribution in [0.3, 0.4) is 0 Å². The van der Waals surface area contributed by atoms with Gasteiger partial charge in [0.05, 0.1) is 0 Å². The van der Waals surface area contributed by atoms with Gasteiger partial charge in [0, 0.05) is 11.1 Å². The highest BCUT2D eigenvalue weighted by atomic mass is 35.5. The van der Waals surface area contributed by atoms with Crippen molar-refractivity contribution in [1.29, 1.82) is 0 Å². The Hall–Kier alpha value is -0.470. The van der Waals surface area contributed by atoms with Crippen LogP contribution in [0.25, 0.3) is 11.1 Å². The van der Waals surface area contributed by atoms with Crippen LogP contribution in [-0.4, -0.2) is 4.98 Å². The molecule has 2 aromatic rings. The second kappa shape index (κ2) is 5.45. The van der Waals surface area contributed by atoms with Crippen molar-refractivity contribution in [2.75, 3.05) is 0 Å². The molecule has 0 saturated heterocycles. The molecule has 0 radical (unpaired) electrons. The highest BCUT2D eigenvalue weighted by molar-refractivity contribution is 6.45. The van der Waals surface area contributed by atoms with E-state index in [0.717, 1.165) is 11.1 Å². The van der Waals surface area contributed by atoms with Crippen molar-refractivity contribution < 1.29 is 0 Å². The Balaban J connectivity index is 2.59. The quantitative estimate of drug-likeness (QED) is 0.525. The molecule has 5 heteroatoms. The fourth-order valence-electron chi connectivity index (χ4n) is 1.46. The van der Waals surface area contributed by atoms with Gasteiger partial charge in [0.2, 0.25) is 0 Å². The molecule has 0 fully saturated rings. The number of alkyl halides is 2. The van der Waals surface area contributed by atoms with Crippen molar-refractivity contribution in [3.8, 4) is 11.1 Å². The molecule has 0 N–H and O–H groups in total. The predicted octanol–water partition coefficient (Wildman–Crippen LogP) is 5.53. The number of halogens is 4. The predicted molar refractivity (Wildman–Crippen MR) is 74.1 cm³/mol. The fraction of sp³-hybridized carbons (Fsp3) is 0.0833.